The molecule has 0 radical (unpaired) electrons. The van der Waals surface area contributed by atoms with Crippen molar-refractivity contribution in [3.8, 4) is 0 Å². The third-order valence-corrected chi connectivity index (χ3v) is 2.63. The molecule has 19 heavy (non-hydrogen) atoms. The Morgan fingerprint density at radius 1 is 0.789 bits per heavy atom. The van der Waals surface area contributed by atoms with Crippen LogP contribution >= 0.6 is 0 Å². The first kappa shape index (κ1) is 15.5. The quantitative estimate of drug-likeness (QED) is 0.587. The minimum Gasteiger partial charge on any atom is -0.302 e. The second-order valence-corrected chi connectivity index (χ2v) is 4.63. The molecule has 0 saturated carbocycles. The molecule has 0 atom stereocenters. The van der Waals surface area contributed by atoms with Gasteiger partial charge < -0.3 is 4.79 Å². The lowest BCUT2D eigenvalue weighted by molar-refractivity contribution is -0.143. The maximum absolute atomic E-state index is 12.6. The second-order valence-electron chi connectivity index (χ2n) is 4.63. The molecule has 0 N–H and O–H groups in total. The van der Waals surface area contributed by atoms with Crippen LogP contribution in [0.3, 0.4) is 0 Å². The Hall–Kier alpha value is -1.53. The molecule has 0 bridgehead atoms. The highest BCUT2D eigenvalue weighted by molar-refractivity contribution is 5.67. The van der Waals surface area contributed by atoms with E-state index in [1.165, 1.54) is 13.8 Å². The predicted octanol–water partition coefficient (Wildman–Crippen LogP) is 4.20. The van der Waals surface area contributed by atoms with Gasteiger partial charge in [-0.1, -0.05) is 0 Å². The van der Waals surface area contributed by atoms with Crippen molar-refractivity contribution >= 4 is 6.29 Å². The van der Waals surface area contributed by atoms with E-state index in [4.69, 9.17) is 0 Å². The number of carbonyl (C=O) groups excluding carboxylic acids is 1. The van der Waals surface area contributed by atoms with E-state index in [1.807, 2.05) is 0 Å². The normalized spacial score (nSPS) is 13.5. The highest BCUT2D eigenvalue weighted by Gasteiger charge is 2.38. The monoisotopic (exact) mass is 284 g/mol. The number of hydrogen-bond acceptors (Lipinski definition) is 1. The summed E-state index contributed by atoms with van der Waals surface area (Å²) in [6.07, 6.45) is -9.51. The van der Waals surface area contributed by atoms with E-state index in [0.29, 0.717) is 18.4 Å². The van der Waals surface area contributed by atoms with Gasteiger partial charge in [-0.05, 0) is 37.6 Å². The van der Waals surface area contributed by atoms with E-state index in [2.05, 4.69) is 0 Å². The number of aldehydes is 1. The predicted molar refractivity (Wildman–Crippen MR) is 55.5 cm³/mol. The summed E-state index contributed by atoms with van der Waals surface area (Å²) >= 11 is 0. The fourth-order valence-electron chi connectivity index (χ4n) is 1.39. The van der Waals surface area contributed by atoms with Gasteiger partial charge in [-0.3, -0.25) is 0 Å². The Bertz CT molecular complexity index is 452. The van der Waals surface area contributed by atoms with Crippen molar-refractivity contribution in [2.75, 3.05) is 0 Å². The maximum atomic E-state index is 12.6. The molecule has 0 aliphatic heterocycles. The molecule has 1 aromatic rings. The molecule has 0 unspecified atom stereocenters. The van der Waals surface area contributed by atoms with Crippen molar-refractivity contribution in [2.45, 2.75) is 31.6 Å². The highest BCUT2D eigenvalue weighted by Crippen LogP contribution is 2.38. The average molecular weight is 284 g/mol. The first-order valence-corrected chi connectivity index (χ1v) is 5.14. The molecule has 0 aliphatic rings. The summed E-state index contributed by atoms with van der Waals surface area (Å²) in [7, 11) is 0. The van der Waals surface area contributed by atoms with Gasteiger partial charge in [0.1, 0.15) is 6.29 Å². The highest BCUT2D eigenvalue weighted by atomic mass is 19.4. The standard InChI is InChI=1S/C12H10F6O/c1-10(2,6-19)7-3-8(11(13,14)15)5-9(4-7)12(16,17)18/h3-6H,1-2H3. The van der Waals surface area contributed by atoms with E-state index < -0.39 is 28.9 Å². The van der Waals surface area contributed by atoms with E-state index in [1.54, 1.807) is 0 Å². The molecule has 0 aromatic heterocycles. The third kappa shape index (κ3) is 3.48. The van der Waals surface area contributed by atoms with Crippen LogP contribution in [-0.4, -0.2) is 6.29 Å². The zero-order chi connectivity index (χ0) is 15.1. The van der Waals surface area contributed by atoms with Gasteiger partial charge >= 0.3 is 12.4 Å². The molecule has 1 aromatic carbocycles. The molecule has 0 fully saturated rings. The van der Waals surface area contributed by atoms with Crippen LogP contribution in [0.4, 0.5) is 26.3 Å². The van der Waals surface area contributed by atoms with E-state index >= 15 is 0 Å². The van der Waals surface area contributed by atoms with Crippen LogP contribution in [0.15, 0.2) is 18.2 Å². The summed E-state index contributed by atoms with van der Waals surface area (Å²) in [6.45, 7) is 2.49. The second kappa shape index (κ2) is 4.54. The molecule has 106 valence electrons. The van der Waals surface area contributed by atoms with E-state index in [9.17, 15) is 31.1 Å². The topological polar surface area (TPSA) is 17.1 Å². The molecule has 1 rings (SSSR count). The van der Waals surface area contributed by atoms with Gasteiger partial charge in [-0.15, -0.1) is 0 Å². The first-order chi connectivity index (χ1) is 8.38. The first-order valence-electron chi connectivity index (χ1n) is 5.14. The summed E-state index contributed by atoms with van der Waals surface area (Å²) in [5, 5.41) is 0. The van der Waals surface area contributed by atoms with Crippen molar-refractivity contribution < 1.29 is 31.1 Å². The van der Waals surface area contributed by atoms with Gasteiger partial charge in [0.25, 0.3) is 0 Å². The number of alkyl halides is 6. The number of rotatable bonds is 2. The zero-order valence-corrected chi connectivity index (χ0v) is 9.99. The van der Waals surface area contributed by atoms with E-state index in [-0.39, 0.29) is 11.6 Å². The number of halogens is 6. The Morgan fingerprint density at radius 3 is 1.37 bits per heavy atom. The summed E-state index contributed by atoms with van der Waals surface area (Å²) in [4.78, 5) is 10.8. The van der Waals surface area contributed by atoms with Crippen molar-refractivity contribution in [2.24, 2.45) is 0 Å². The lowest BCUT2D eigenvalue weighted by Gasteiger charge is -2.21. The summed E-state index contributed by atoms with van der Waals surface area (Å²) in [5.41, 5.74) is -4.61. The number of carbonyl (C=O) groups is 1. The summed E-state index contributed by atoms with van der Waals surface area (Å²) < 4.78 is 75.4. The van der Waals surface area contributed by atoms with E-state index in [0.717, 1.165) is 0 Å². The molecular weight excluding hydrogens is 274 g/mol. The lowest BCUT2D eigenvalue weighted by Crippen LogP contribution is -2.21. The van der Waals surface area contributed by atoms with Crippen LogP contribution < -0.4 is 0 Å². The fraction of sp³-hybridized carbons (Fsp3) is 0.417. The zero-order valence-electron chi connectivity index (χ0n) is 9.99. The number of hydrogen-bond donors (Lipinski definition) is 0. The molecule has 0 heterocycles. The minimum atomic E-state index is -4.91. The summed E-state index contributed by atoms with van der Waals surface area (Å²) in [5.74, 6) is 0. The van der Waals surface area contributed by atoms with Crippen LogP contribution in [0.25, 0.3) is 0 Å². The molecule has 7 heteroatoms. The average Bonchev–Trinajstić information content (AvgIpc) is 2.26. The van der Waals surface area contributed by atoms with Crippen LogP contribution in [0.1, 0.15) is 30.5 Å². The minimum absolute atomic E-state index is 0.0321. The van der Waals surface area contributed by atoms with Gasteiger partial charge in [0.15, 0.2) is 0 Å². The molecule has 0 saturated heterocycles. The van der Waals surface area contributed by atoms with Crippen LogP contribution in [0.2, 0.25) is 0 Å². The van der Waals surface area contributed by atoms with Gasteiger partial charge in [-0.25, -0.2) is 0 Å². The summed E-state index contributed by atoms with van der Waals surface area (Å²) in [6, 6.07) is 1.15. The lowest BCUT2D eigenvalue weighted by atomic mass is 9.84. The molecular formula is C12H10F6O. The molecule has 1 nitrogen and oxygen atoms in total. The van der Waals surface area contributed by atoms with Crippen LogP contribution in [0.5, 0.6) is 0 Å². The van der Waals surface area contributed by atoms with Gasteiger partial charge in [0, 0.05) is 5.41 Å². The number of benzene rings is 1. The van der Waals surface area contributed by atoms with Crippen molar-refractivity contribution in [3.05, 3.63) is 34.9 Å². The van der Waals surface area contributed by atoms with Gasteiger partial charge in [0.05, 0.1) is 11.1 Å². The van der Waals surface area contributed by atoms with Crippen LogP contribution in [-0.2, 0) is 22.6 Å². The third-order valence-electron chi connectivity index (χ3n) is 2.63. The Labute approximate surface area is 105 Å². The van der Waals surface area contributed by atoms with Crippen molar-refractivity contribution in [1.29, 1.82) is 0 Å². The molecule has 0 amide bonds. The maximum Gasteiger partial charge on any atom is 0.416 e. The largest absolute Gasteiger partial charge is 0.416 e. The van der Waals surface area contributed by atoms with Crippen molar-refractivity contribution in [1.82, 2.24) is 0 Å². The Kier molecular flexibility index (Phi) is 3.71. The SMILES string of the molecule is CC(C)(C=O)c1cc(C(F)(F)F)cc(C(F)(F)F)c1. The van der Waals surface area contributed by atoms with Crippen molar-refractivity contribution in [3.63, 3.8) is 0 Å². The van der Waals surface area contributed by atoms with Gasteiger partial charge in [-0.2, -0.15) is 26.3 Å². The molecule has 0 aliphatic carbocycles. The van der Waals surface area contributed by atoms with Crippen LogP contribution in [0, 0.1) is 0 Å². The smallest absolute Gasteiger partial charge is 0.302 e. The fourth-order valence-corrected chi connectivity index (χ4v) is 1.39. The Morgan fingerprint density at radius 2 is 1.11 bits per heavy atom. The molecule has 0 spiro atoms. The van der Waals surface area contributed by atoms with Gasteiger partial charge in [0.2, 0.25) is 0 Å². The Balaban J connectivity index is 3.55.